The SMILES string of the molecule is O=[N+]([O-])c1cc(Cl)cc(C=NNC(=S)Nc2ccccc2)c1O. The molecule has 0 bridgehead atoms. The molecule has 2 aromatic carbocycles. The number of aromatic hydroxyl groups is 1. The number of phenolic OH excluding ortho intramolecular Hbond substituents is 1. The van der Waals surface area contributed by atoms with Gasteiger partial charge in [-0.05, 0) is 30.4 Å². The third-order valence-corrected chi connectivity index (χ3v) is 3.09. The Kier molecular flexibility index (Phi) is 5.45. The molecule has 0 unspecified atom stereocenters. The molecule has 0 heterocycles. The molecule has 2 rings (SSSR count). The molecule has 3 N–H and O–H groups in total. The normalized spacial score (nSPS) is 10.5. The number of halogens is 1. The van der Waals surface area contributed by atoms with E-state index in [0.717, 1.165) is 11.8 Å². The first-order valence-electron chi connectivity index (χ1n) is 6.29. The maximum atomic E-state index is 10.8. The van der Waals surface area contributed by atoms with E-state index in [4.69, 9.17) is 23.8 Å². The van der Waals surface area contributed by atoms with Gasteiger partial charge in [-0.25, -0.2) is 0 Å². The number of thiocarbonyl (C=S) groups is 1. The van der Waals surface area contributed by atoms with E-state index in [-0.39, 0.29) is 15.7 Å². The Morgan fingerprint density at radius 1 is 1.35 bits per heavy atom. The van der Waals surface area contributed by atoms with Crippen molar-refractivity contribution in [2.45, 2.75) is 0 Å². The first kappa shape index (κ1) is 16.7. The fourth-order valence-electron chi connectivity index (χ4n) is 1.68. The van der Waals surface area contributed by atoms with Crippen molar-refractivity contribution < 1.29 is 10.0 Å². The average Bonchev–Trinajstić information content (AvgIpc) is 2.51. The largest absolute Gasteiger partial charge is 0.502 e. The summed E-state index contributed by atoms with van der Waals surface area (Å²) in [4.78, 5) is 10.1. The number of nitrogens with one attached hydrogen (secondary N) is 2. The van der Waals surface area contributed by atoms with Gasteiger partial charge >= 0.3 is 5.69 Å². The zero-order chi connectivity index (χ0) is 16.8. The minimum absolute atomic E-state index is 0.0965. The number of nitro groups is 1. The third kappa shape index (κ3) is 4.63. The van der Waals surface area contributed by atoms with Crippen molar-refractivity contribution in [1.29, 1.82) is 0 Å². The number of para-hydroxylation sites is 1. The van der Waals surface area contributed by atoms with Crippen LogP contribution in [0.4, 0.5) is 11.4 Å². The van der Waals surface area contributed by atoms with Crippen molar-refractivity contribution in [1.82, 2.24) is 5.43 Å². The molecule has 0 saturated heterocycles. The summed E-state index contributed by atoms with van der Waals surface area (Å²) in [5.74, 6) is -0.521. The predicted octanol–water partition coefficient (Wildman–Crippen LogP) is 3.27. The van der Waals surface area contributed by atoms with Gasteiger partial charge < -0.3 is 10.4 Å². The lowest BCUT2D eigenvalue weighted by atomic mass is 10.2. The molecule has 0 aliphatic heterocycles. The molecule has 7 nitrogen and oxygen atoms in total. The quantitative estimate of drug-likeness (QED) is 0.338. The van der Waals surface area contributed by atoms with Gasteiger partial charge in [-0.2, -0.15) is 5.10 Å². The van der Waals surface area contributed by atoms with Crippen LogP contribution in [-0.2, 0) is 0 Å². The van der Waals surface area contributed by atoms with Crippen molar-refractivity contribution in [3.63, 3.8) is 0 Å². The van der Waals surface area contributed by atoms with Gasteiger partial charge in [-0.15, -0.1) is 0 Å². The van der Waals surface area contributed by atoms with Crippen LogP contribution in [0.15, 0.2) is 47.6 Å². The zero-order valence-electron chi connectivity index (χ0n) is 11.6. The van der Waals surface area contributed by atoms with Gasteiger partial charge in [-0.3, -0.25) is 15.5 Å². The average molecular weight is 351 g/mol. The molecule has 0 spiro atoms. The molecule has 9 heteroatoms. The fourth-order valence-corrected chi connectivity index (χ4v) is 2.08. The summed E-state index contributed by atoms with van der Waals surface area (Å²) in [6.45, 7) is 0. The highest BCUT2D eigenvalue weighted by Gasteiger charge is 2.17. The lowest BCUT2D eigenvalue weighted by Gasteiger charge is -2.06. The predicted molar refractivity (Wildman–Crippen MR) is 93.2 cm³/mol. The summed E-state index contributed by atoms with van der Waals surface area (Å²) in [5, 5.41) is 27.7. The first-order chi connectivity index (χ1) is 11.0. The second kappa shape index (κ2) is 7.52. The maximum absolute atomic E-state index is 10.8. The minimum atomic E-state index is -0.729. The number of hydrogen-bond acceptors (Lipinski definition) is 5. The summed E-state index contributed by atoms with van der Waals surface area (Å²) < 4.78 is 0. The third-order valence-electron chi connectivity index (χ3n) is 2.68. The molecular weight excluding hydrogens is 340 g/mol. The Morgan fingerprint density at radius 3 is 2.70 bits per heavy atom. The van der Waals surface area contributed by atoms with E-state index < -0.39 is 16.4 Å². The minimum Gasteiger partial charge on any atom is -0.502 e. The fraction of sp³-hybridized carbons (Fsp3) is 0. The Balaban J connectivity index is 2.06. The summed E-state index contributed by atoms with van der Waals surface area (Å²) in [5.41, 5.74) is 2.92. The molecule has 118 valence electrons. The van der Waals surface area contributed by atoms with Gasteiger partial charge in [-0.1, -0.05) is 29.8 Å². The second-order valence-electron chi connectivity index (χ2n) is 4.31. The van der Waals surface area contributed by atoms with Crippen LogP contribution in [0, 0.1) is 10.1 Å². The van der Waals surface area contributed by atoms with Crippen LogP contribution in [0.25, 0.3) is 0 Å². The molecule has 2 aromatic rings. The Hall–Kier alpha value is -2.71. The van der Waals surface area contributed by atoms with E-state index in [0.29, 0.717) is 0 Å². The van der Waals surface area contributed by atoms with E-state index in [1.54, 1.807) is 0 Å². The molecule has 0 amide bonds. The van der Waals surface area contributed by atoms with Crippen molar-refractivity contribution in [2.24, 2.45) is 5.10 Å². The number of hydrazone groups is 1. The molecule has 0 fully saturated rings. The summed E-state index contributed by atoms with van der Waals surface area (Å²) in [7, 11) is 0. The maximum Gasteiger partial charge on any atom is 0.312 e. The van der Waals surface area contributed by atoms with Gasteiger partial charge in [0.2, 0.25) is 5.75 Å². The highest BCUT2D eigenvalue weighted by molar-refractivity contribution is 7.80. The molecule has 0 aliphatic carbocycles. The lowest BCUT2D eigenvalue weighted by Crippen LogP contribution is -2.23. The summed E-state index contributed by atoms with van der Waals surface area (Å²) >= 11 is 10.8. The van der Waals surface area contributed by atoms with Crippen LogP contribution < -0.4 is 10.7 Å². The number of anilines is 1. The van der Waals surface area contributed by atoms with Gasteiger partial charge in [0.05, 0.1) is 11.1 Å². The number of phenols is 1. The van der Waals surface area contributed by atoms with Crippen LogP contribution in [0.2, 0.25) is 5.02 Å². The van der Waals surface area contributed by atoms with Crippen molar-refractivity contribution >= 4 is 46.5 Å². The first-order valence-corrected chi connectivity index (χ1v) is 7.08. The number of hydrogen-bond donors (Lipinski definition) is 3. The summed E-state index contributed by atoms with van der Waals surface area (Å²) in [6, 6.07) is 11.6. The number of nitrogens with zero attached hydrogens (tertiary/aromatic N) is 2. The van der Waals surface area contributed by atoms with Gasteiger partial charge in [0.25, 0.3) is 0 Å². The standard InChI is InChI=1S/C14H11ClN4O3S/c15-10-6-9(13(20)12(7-10)19(21)22)8-16-18-14(23)17-11-4-2-1-3-5-11/h1-8,20H,(H2,17,18,23). The highest BCUT2D eigenvalue weighted by atomic mass is 35.5. The van der Waals surface area contributed by atoms with Crippen molar-refractivity contribution in [3.05, 3.63) is 63.2 Å². The number of rotatable bonds is 4. The highest BCUT2D eigenvalue weighted by Crippen LogP contribution is 2.32. The number of benzene rings is 2. The Morgan fingerprint density at radius 2 is 2.04 bits per heavy atom. The molecule has 0 saturated carbocycles. The summed E-state index contributed by atoms with van der Waals surface area (Å²) in [6.07, 6.45) is 1.19. The molecular formula is C14H11ClN4O3S. The molecule has 23 heavy (non-hydrogen) atoms. The van der Waals surface area contributed by atoms with E-state index in [2.05, 4.69) is 15.8 Å². The van der Waals surface area contributed by atoms with E-state index >= 15 is 0 Å². The van der Waals surface area contributed by atoms with Crippen LogP contribution in [0.1, 0.15) is 5.56 Å². The van der Waals surface area contributed by atoms with Crippen molar-refractivity contribution in [2.75, 3.05) is 5.32 Å². The topological polar surface area (TPSA) is 99.8 Å². The zero-order valence-corrected chi connectivity index (χ0v) is 13.1. The van der Waals surface area contributed by atoms with Gasteiger partial charge in [0, 0.05) is 22.3 Å². The molecule has 0 aliphatic rings. The van der Waals surface area contributed by atoms with Crippen LogP contribution in [0.5, 0.6) is 5.75 Å². The van der Waals surface area contributed by atoms with Gasteiger partial charge in [0.15, 0.2) is 5.11 Å². The molecule has 0 radical (unpaired) electrons. The molecule has 0 aromatic heterocycles. The van der Waals surface area contributed by atoms with Crippen LogP contribution in [-0.4, -0.2) is 21.4 Å². The molecule has 0 atom stereocenters. The lowest BCUT2D eigenvalue weighted by molar-refractivity contribution is -0.385. The smallest absolute Gasteiger partial charge is 0.312 e. The van der Waals surface area contributed by atoms with Crippen LogP contribution in [0.3, 0.4) is 0 Å². The monoisotopic (exact) mass is 350 g/mol. The van der Waals surface area contributed by atoms with E-state index in [9.17, 15) is 15.2 Å². The Bertz CT molecular complexity index is 768. The second-order valence-corrected chi connectivity index (χ2v) is 5.15. The van der Waals surface area contributed by atoms with Gasteiger partial charge in [0.1, 0.15) is 0 Å². The van der Waals surface area contributed by atoms with E-state index in [1.165, 1.54) is 12.3 Å². The van der Waals surface area contributed by atoms with E-state index in [1.807, 2.05) is 30.3 Å². The Labute approximate surface area is 141 Å². The van der Waals surface area contributed by atoms with Crippen molar-refractivity contribution in [3.8, 4) is 5.75 Å². The number of nitro benzene ring substituents is 1. The van der Waals surface area contributed by atoms with Crippen LogP contribution >= 0.6 is 23.8 Å².